The summed E-state index contributed by atoms with van der Waals surface area (Å²) in [7, 11) is 3.73. The Labute approximate surface area is 257 Å². The number of nitrogens with two attached hydrogens (primary N) is 1. The topological polar surface area (TPSA) is 155 Å². The van der Waals surface area contributed by atoms with Crippen molar-refractivity contribution < 1.29 is 34.2 Å². The Hall–Kier alpha value is -3.59. The Bertz CT molecular complexity index is 1550. The number of amides is 1. The molecular formula is C35H42N2O7. The van der Waals surface area contributed by atoms with Crippen molar-refractivity contribution in [1.29, 1.82) is 0 Å². The van der Waals surface area contributed by atoms with E-state index in [0.29, 0.717) is 23.5 Å². The molecule has 0 spiro atoms. The van der Waals surface area contributed by atoms with Crippen LogP contribution in [0.5, 0.6) is 5.75 Å². The molecule has 1 aromatic carbocycles. The van der Waals surface area contributed by atoms with Crippen LogP contribution >= 0.6 is 0 Å². The standard InChI is InChI=1S/C35H42N2O7/c1-16(2)25-23-14-20-13-22-24(37(3)4)15-21(19-10-9-18(12-19)11-17-7-5-6-8-17)29(38)27(22)31(40)26(20)32(41)35(23,44)33(42)28(30(25)39)34(36)43/h9-10,15-17,20,23,25-26,28,38,44H,5-8,11-14H2,1-4H3,(H2,36,43)/t20-,23-,25-,26?,28?,35-/m0/s1. The molecular weight excluding hydrogens is 560 g/mol. The van der Waals surface area contributed by atoms with Gasteiger partial charge in [-0.1, -0.05) is 57.3 Å². The number of nitrogens with zero attached hydrogens (tertiary/aromatic N) is 1. The van der Waals surface area contributed by atoms with Crippen molar-refractivity contribution in [3.05, 3.63) is 40.5 Å². The number of Topliss-reactive ketones (excluding diaryl/α,β-unsaturated/α-hetero) is 4. The van der Waals surface area contributed by atoms with Gasteiger partial charge in [-0.05, 0) is 60.6 Å². The van der Waals surface area contributed by atoms with Crippen molar-refractivity contribution >= 4 is 40.3 Å². The lowest BCUT2D eigenvalue weighted by atomic mass is 9.49. The minimum absolute atomic E-state index is 0.0409. The average Bonchev–Trinajstić information content (AvgIpc) is 3.63. The predicted octanol–water partition coefficient (Wildman–Crippen LogP) is 3.57. The van der Waals surface area contributed by atoms with Gasteiger partial charge < -0.3 is 20.8 Å². The van der Waals surface area contributed by atoms with E-state index in [1.165, 1.54) is 31.3 Å². The number of aliphatic hydroxyl groups is 1. The molecule has 0 radical (unpaired) electrons. The minimum Gasteiger partial charge on any atom is -0.507 e. The SMILES string of the molecule is CC(C)[C@@H]1C(=O)C(C(N)=O)C(=O)[C@@]2(O)C(=O)C3C(=O)c4c(O)c(C5=CC=C(CC6CCCC6)C5)cc(N(C)C)c4C[C@H]3C[C@@H]12. The number of aromatic hydroxyl groups is 1. The van der Waals surface area contributed by atoms with E-state index in [9.17, 15) is 34.2 Å². The van der Waals surface area contributed by atoms with E-state index in [2.05, 4.69) is 6.08 Å². The summed E-state index contributed by atoms with van der Waals surface area (Å²) in [6.07, 6.45) is 11.1. The van der Waals surface area contributed by atoms with Gasteiger partial charge in [-0.25, -0.2) is 0 Å². The molecule has 0 aliphatic heterocycles. The normalized spacial score (nSPS) is 31.9. The third kappa shape index (κ3) is 4.41. The first kappa shape index (κ1) is 30.4. The summed E-state index contributed by atoms with van der Waals surface area (Å²) >= 11 is 0. The molecule has 234 valence electrons. The molecule has 0 bridgehead atoms. The van der Waals surface area contributed by atoms with Crippen molar-refractivity contribution in [1.82, 2.24) is 0 Å². The van der Waals surface area contributed by atoms with E-state index < -0.39 is 64.2 Å². The molecule has 3 fully saturated rings. The number of primary amides is 1. The highest BCUT2D eigenvalue weighted by atomic mass is 16.3. The molecule has 0 heterocycles. The molecule has 1 amide bonds. The largest absolute Gasteiger partial charge is 0.507 e. The number of phenolic OH excluding ortho intramolecular Hbond substituents is 1. The van der Waals surface area contributed by atoms with Gasteiger partial charge in [0.05, 0.1) is 11.5 Å². The van der Waals surface area contributed by atoms with E-state index in [1.807, 2.05) is 31.1 Å². The Morgan fingerprint density at radius 1 is 1.09 bits per heavy atom. The predicted molar refractivity (Wildman–Crippen MR) is 164 cm³/mol. The van der Waals surface area contributed by atoms with Gasteiger partial charge in [0.1, 0.15) is 5.75 Å². The molecule has 6 atom stereocenters. The molecule has 9 heteroatoms. The van der Waals surface area contributed by atoms with Crippen LogP contribution in [0.4, 0.5) is 5.69 Å². The summed E-state index contributed by atoms with van der Waals surface area (Å²) in [4.78, 5) is 69.6. The van der Waals surface area contributed by atoms with Crippen LogP contribution in [-0.4, -0.2) is 58.9 Å². The van der Waals surface area contributed by atoms with Crippen molar-refractivity contribution in [3.8, 4) is 5.75 Å². The molecule has 4 N–H and O–H groups in total. The Morgan fingerprint density at radius 3 is 2.39 bits per heavy atom. The molecule has 6 rings (SSSR count). The number of hydrogen-bond acceptors (Lipinski definition) is 8. The first-order chi connectivity index (χ1) is 20.8. The second-order valence-electron chi connectivity index (χ2n) is 14.2. The van der Waals surface area contributed by atoms with Crippen molar-refractivity contribution in [3.63, 3.8) is 0 Å². The molecule has 44 heavy (non-hydrogen) atoms. The molecule has 9 nitrogen and oxygen atoms in total. The van der Waals surface area contributed by atoms with Gasteiger partial charge >= 0.3 is 0 Å². The van der Waals surface area contributed by atoms with Crippen LogP contribution in [0, 0.1) is 41.4 Å². The monoisotopic (exact) mass is 602 g/mol. The van der Waals surface area contributed by atoms with Crippen LogP contribution in [0.25, 0.3) is 5.57 Å². The number of carbonyl (C=O) groups excluding carboxylic acids is 5. The van der Waals surface area contributed by atoms with Crippen LogP contribution in [0.15, 0.2) is 23.8 Å². The smallest absolute Gasteiger partial charge is 0.235 e. The third-order valence-corrected chi connectivity index (χ3v) is 11.1. The van der Waals surface area contributed by atoms with Crippen molar-refractivity contribution in [2.75, 3.05) is 19.0 Å². The zero-order chi connectivity index (χ0) is 31.8. The van der Waals surface area contributed by atoms with E-state index in [1.54, 1.807) is 13.8 Å². The Kier molecular flexibility index (Phi) is 7.46. The van der Waals surface area contributed by atoms with E-state index in [4.69, 9.17) is 5.73 Å². The fourth-order valence-electron chi connectivity index (χ4n) is 9.04. The summed E-state index contributed by atoms with van der Waals surface area (Å²) in [5, 5.41) is 23.6. The molecule has 2 unspecified atom stereocenters. The molecule has 5 aliphatic rings. The van der Waals surface area contributed by atoms with Gasteiger partial charge in [0.15, 0.2) is 34.7 Å². The number of benzene rings is 1. The average molecular weight is 603 g/mol. The van der Waals surface area contributed by atoms with Crippen LogP contribution in [0.3, 0.4) is 0 Å². The highest BCUT2D eigenvalue weighted by Crippen LogP contribution is 2.54. The van der Waals surface area contributed by atoms with Gasteiger partial charge in [0, 0.05) is 37.2 Å². The maximum atomic E-state index is 14.3. The molecule has 0 aromatic heterocycles. The number of ketones is 4. The molecule has 3 saturated carbocycles. The van der Waals surface area contributed by atoms with Crippen molar-refractivity contribution in [2.24, 2.45) is 47.2 Å². The van der Waals surface area contributed by atoms with E-state index in [-0.39, 0.29) is 30.1 Å². The number of hydrogen-bond donors (Lipinski definition) is 3. The van der Waals surface area contributed by atoms with Gasteiger partial charge in [-0.3, -0.25) is 24.0 Å². The zero-order valence-electron chi connectivity index (χ0n) is 25.9. The first-order valence-corrected chi connectivity index (χ1v) is 15.9. The maximum absolute atomic E-state index is 14.3. The molecule has 1 aromatic rings. The van der Waals surface area contributed by atoms with Crippen LogP contribution in [-0.2, 0) is 25.6 Å². The third-order valence-electron chi connectivity index (χ3n) is 11.1. The Morgan fingerprint density at radius 2 is 1.77 bits per heavy atom. The summed E-state index contributed by atoms with van der Waals surface area (Å²) in [5.41, 5.74) is 6.88. The van der Waals surface area contributed by atoms with Crippen LogP contribution in [0.2, 0.25) is 0 Å². The summed E-state index contributed by atoms with van der Waals surface area (Å²) < 4.78 is 0. The van der Waals surface area contributed by atoms with Gasteiger partial charge in [0.2, 0.25) is 5.91 Å². The number of phenols is 1. The summed E-state index contributed by atoms with van der Waals surface area (Å²) in [6, 6.07) is 1.91. The fraction of sp³-hybridized carbons (Fsp3) is 0.571. The lowest BCUT2D eigenvalue weighted by molar-refractivity contribution is -0.182. The summed E-state index contributed by atoms with van der Waals surface area (Å²) in [5.74, 6) is -10.6. The number of allylic oxidation sites excluding steroid dienone is 4. The van der Waals surface area contributed by atoms with E-state index >= 15 is 0 Å². The number of rotatable bonds is 6. The fourth-order valence-corrected chi connectivity index (χ4v) is 9.04. The Balaban J connectivity index is 1.40. The zero-order valence-corrected chi connectivity index (χ0v) is 25.9. The highest BCUT2D eigenvalue weighted by molar-refractivity contribution is 6.32. The van der Waals surface area contributed by atoms with Crippen molar-refractivity contribution in [2.45, 2.75) is 70.8 Å². The number of carbonyl (C=O) groups is 5. The second kappa shape index (κ2) is 10.8. The molecule has 0 saturated heterocycles. The lowest BCUT2D eigenvalue weighted by Gasteiger charge is -2.52. The minimum atomic E-state index is -2.69. The van der Waals surface area contributed by atoms with Crippen LogP contribution in [0.1, 0.15) is 80.3 Å². The van der Waals surface area contributed by atoms with Gasteiger partial charge in [-0.2, -0.15) is 0 Å². The maximum Gasteiger partial charge on any atom is 0.235 e. The summed E-state index contributed by atoms with van der Waals surface area (Å²) in [6.45, 7) is 3.48. The number of fused-ring (bicyclic) bond motifs is 3. The quantitative estimate of drug-likeness (QED) is 0.418. The lowest BCUT2D eigenvalue weighted by Crippen LogP contribution is -2.71. The highest BCUT2D eigenvalue weighted by Gasteiger charge is 2.69. The van der Waals surface area contributed by atoms with Crippen LogP contribution < -0.4 is 10.6 Å². The number of anilines is 1. The van der Waals surface area contributed by atoms with E-state index in [0.717, 1.165) is 17.7 Å². The first-order valence-electron chi connectivity index (χ1n) is 15.9. The van der Waals surface area contributed by atoms with Gasteiger partial charge in [0.25, 0.3) is 0 Å². The molecule has 5 aliphatic carbocycles. The second-order valence-corrected chi connectivity index (χ2v) is 14.2. The van der Waals surface area contributed by atoms with Gasteiger partial charge in [-0.15, -0.1) is 0 Å².